The summed E-state index contributed by atoms with van der Waals surface area (Å²) in [4.78, 5) is 34.6. The maximum Gasteiger partial charge on any atom is 0.326 e. The zero-order valence-corrected chi connectivity index (χ0v) is 14.3. The first-order chi connectivity index (χ1) is 12.5. The van der Waals surface area contributed by atoms with E-state index in [1.165, 1.54) is 19.1 Å². The summed E-state index contributed by atoms with van der Waals surface area (Å²) in [6, 6.07) is 14.7. The molecule has 0 heterocycles. The molecule has 0 radical (unpaired) electrons. The highest BCUT2D eigenvalue weighted by atomic mass is 16.4. The molecule has 0 aliphatic rings. The van der Waals surface area contributed by atoms with Gasteiger partial charge in [-0.05, 0) is 36.2 Å². The molecule has 0 unspecified atom stereocenters. The number of carbonyl (C=O) groups is 3. The summed E-state index contributed by atoms with van der Waals surface area (Å²) in [6.07, 6.45) is 3.69. The van der Waals surface area contributed by atoms with Crippen LogP contribution in [0.3, 0.4) is 0 Å². The predicted octanol–water partition coefficient (Wildman–Crippen LogP) is 2.93. The number of aliphatic carboxylic acids is 1. The van der Waals surface area contributed by atoms with Crippen molar-refractivity contribution in [3.63, 3.8) is 0 Å². The fourth-order valence-electron chi connectivity index (χ4n) is 2.28. The summed E-state index contributed by atoms with van der Waals surface area (Å²) in [6.45, 7) is 1.39. The lowest BCUT2D eigenvalue weighted by atomic mass is 10.1. The van der Waals surface area contributed by atoms with Crippen molar-refractivity contribution < 1.29 is 19.5 Å². The van der Waals surface area contributed by atoms with Gasteiger partial charge in [-0.1, -0.05) is 42.5 Å². The minimum absolute atomic E-state index is 0.167. The van der Waals surface area contributed by atoms with Crippen LogP contribution in [0.25, 0.3) is 6.08 Å². The summed E-state index contributed by atoms with van der Waals surface area (Å²) in [5.74, 6) is -1.80. The van der Waals surface area contributed by atoms with E-state index < -0.39 is 17.9 Å². The molecule has 2 rings (SSSR count). The summed E-state index contributed by atoms with van der Waals surface area (Å²) in [7, 11) is 0. The standard InChI is InChI=1S/C20H20N2O4/c1-14(23)21-17-12-10-16(11-13-17)19(24)22-18(20(25)26)9-5-8-15-6-3-2-4-7-15/h2-8,10-13,18H,9H2,1H3,(H,21,23)(H,22,24)(H,25,26)/b8-5+/t18-/m0/s1. The molecule has 2 amide bonds. The number of rotatable bonds is 7. The molecular formula is C20H20N2O4. The van der Waals surface area contributed by atoms with Crippen LogP contribution in [-0.2, 0) is 9.59 Å². The Bertz CT molecular complexity index is 798. The number of amides is 2. The third-order valence-electron chi connectivity index (χ3n) is 3.55. The molecule has 0 aliphatic carbocycles. The molecule has 0 fully saturated rings. The highest BCUT2D eigenvalue weighted by Gasteiger charge is 2.19. The molecule has 2 aromatic carbocycles. The van der Waals surface area contributed by atoms with E-state index in [0.717, 1.165) is 5.56 Å². The molecule has 0 saturated carbocycles. The largest absolute Gasteiger partial charge is 0.480 e. The third kappa shape index (κ3) is 5.90. The van der Waals surface area contributed by atoms with Crippen molar-refractivity contribution >= 4 is 29.5 Å². The Morgan fingerprint density at radius 3 is 2.27 bits per heavy atom. The minimum atomic E-state index is -1.11. The lowest BCUT2D eigenvalue weighted by molar-refractivity contribution is -0.139. The highest BCUT2D eigenvalue weighted by molar-refractivity contribution is 5.97. The fraction of sp³-hybridized carbons (Fsp3) is 0.150. The van der Waals surface area contributed by atoms with Crippen LogP contribution in [0.1, 0.15) is 29.3 Å². The lowest BCUT2D eigenvalue weighted by Crippen LogP contribution is -2.40. The molecule has 6 heteroatoms. The molecular weight excluding hydrogens is 332 g/mol. The molecule has 2 aromatic rings. The Hall–Kier alpha value is -3.41. The number of carbonyl (C=O) groups excluding carboxylic acids is 2. The van der Waals surface area contributed by atoms with Crippen LogP contribution in [0.15, 0.2) is 60.7 Å². The van der Waals surface area contributed by atoms with E-state index >= 15 is 0 Å². The number of anilines is 1. The van der Waals surface area contributed by atoms with Gasteiger partial charge in [0, 0.05) is 18.2 Å². The maximum atomic E-state index is 12.2. The van der Waals surface area contributed by atoms with Gasteiger partial charge in [-0.2, -0.15) is 0 Å². The van der Waals surface area contributed by atoms with Gasteiger partial charge in [0.15, 0.2) is 0 Å². The topological polar surface area (TPSA) is 95.5 Å². The monoisotopic (exact) mass is 352 g/mol. The second kappa shape index (κ2) is 9.17. The van der Waals surface area contributed by atoms with Crippen LogP contribution in [0.4, 0.5) is 5.69 Å². The molecule has 134 valence electrons. The van der Waals surface area contributed by atoms with E-state index in [4.69, 9.17) is 0 Å². The maximum absolute atomic E-state index is 12.2. The van der Waals surface area contributed by atoms with Crippen molar-refractivity contribution in [3.05, 3.63) is 71.8 Å². The number of carboxylic acid groups (broad SMARTS) is 1. The molecule has 3 N–H and O–H groups in total. The van der Waals surface area contributed by atoms with Gasteiger partial charge in [0.05, 0.1) is 0 Å². The van der Waals surface area contributed by atoms with E-state index in [9.17, 15) is 19.5 Å². The third-order valence-corrected chi connectivity index (χ3v) is 3.55. The van der Waals surface area contributed by atoms with Gasteiger partial charge in [0.25, 0.3) is 5.91 Å². The van der Waals surface area contributed by atoms with Crippen molar-refractivity contribution in [2.75, 3.05) is 5.32 Å². The van der Waals surface area contributed by atoms with E-state index in [2.05, 4.69) is 10.6 Å². The lowest BCUT2D eigenvalue weighted by Gasteiger charge is -2.13. The average molecular weight is 352 g/mol. The Morgan fingerprint density at radius 1 is 1.04 bits per heavy atom. The van der Waals surface area contributed by atoms with E-state index in [-0.39, 0.29) is 12.3 Å². The Morgan fingerprint density at radius 2 is 1.69 bits per heavy atom. The Balaban J connectivity index is 1.98. The number of hydrogen-bond donors (Lipinski definition) is 3. The van der Waals surface area contributed by atoms with Crippen molar-refractivity contribution in [2.24, 2.45) is 0 Å². The van der Waals surface area contributed by atoms with Crippen LogP contribution in [-0.4, -0.2) is 28.9 Å². The van der Waals surface area contributed by atoms with Crippen molar-refractivity contribution in [2.45, 2.75) is 19.4 Å². The molecule has 0 aliphatic heterocycles. The van der Waals surface area contributed by atoms with Gasteiger partial charge in [0.1, 0.15) is 6.04 Å². The van der Waals surface area contributed by atoms with Gasteiger partial charge in [-0.3, -0.25) is 9.59 Å². The quantitative estimate of drug-likeness (QED) is 0.714. The summed E-state index contributed by atoms with van der Waals surface area (Å²) in [5, 5.41) is 14.4. The molecule has 6 nitrogen and oxygen atoms in total. The number of benzene rings is 2. The first-order valence-electron chi connectivity index (χ1n) is 8.08. The molecule has 0 aromatic heterocycles. The normalized spacial score (nSPS) is 11.7. The van der Waals surface area contributed by atoms with Crippen molar-refractivity contribution in [1.82, 2.24) is 5.32 Å². The fourth-order valence-corrected chi connectivity index (χ4v) is 2.28. The van der Waals surface area contributed by atoms with Gasteiger partial charge < -0.3 is 15.7 Å². The van der Waals surface area contributed by atoms with Crippen molar-refractivity contribution in [3.8, 4) is 0 Å². The molecule has 0 bridgehead atoms. The first kappa shape index (κ1) is 18.9. The van der Waals surface area contributed by atoms with Gasteiger partial charge >= 0.3 is 5.97 Å². The molecule has 0 spiro atoms. The summed E-state index contributed by atoms with van der Waals surface area (Å²) in [5.41, 5.74) is 1.84. The smallest absolute Gasteiger partial charge is 0.326 e. The minimum Gasteiger partial charge on any atom is -0.480 e. The highest BCUT2D eigenvalue weighted by Crippen LogP contribution is 2.10. The van der Waals surface area contributed by atoms with Crippen LogP contribution >= 0.6 is 0 Å². The van der Waals surface area contributed by atoms with Gasteiger partial charge in [-0.25, -0.2) is 4.79 Å². The zero-order valence-electron chi connectivity index (χ0n) is 14.3. The summed E-state index contributed by atoms with van der Waals surface area (Å²) >= 11 is 0. The number of hydrogen-bond acceptors (Lipinski definition) is 3. The van der Waals surface area contributed by atoms with Crippen LogP contribution in [0, 0.1) is 0 Å². The van der Waals surface area contributed by atoms with Crippen LogP contribution in [0.2, 0.25) is 0 Å². The van der Waals surface area contributed by atoms with E-state index in [1.54, 1.807) is 18.2 Å². The molecule has 26 heavy (non-hydrogen) atoms. The van der Waals surface area contributed by atoms with E-state index in [1.807, 2.05) is 36.4 Å². The van der Waals surface area contributed by atoms with Gasteiger partial charge in [0.2, 0.25) is 5.91 Å². The number of carboxylic acids is 1. The second-order valence-electron chi connectivity index (χ2n) is 5.67. The van der Waals surface area contributed by atoms with Gasteiger partial charge in [-0.15, -0.1) is 0 Å². The van der Waals surface area contributed by atoms with E-state index in [0.29, 0.717) is 11.3 Å². The summed E-state index contributed by atoms with van der Waals surface area (Å²) < 4.78 is 0. The average Bonchev–Trinajstić information content (AvgIpc) is 2.61. The van der Waals surface area contributed by atoms with Crippen LogP contribution in [0.5, 0.6) is 0 Å². The second-order valence-corrected chi connectivity index (χ2v) is 5.67. The Kier molecular flexibility index (Phi) is 6.68. The molecule has 0 saturated heterocycles. The first-order valence-corrected chi connectivity index (χ1v) is 8.08. The van der Waals surface area contributed by atoms with Crippen LogP contribution < -0.4 is 10.6 Å². The number of nitrogens with one attached hydrogen (secondary N) is 2. The molecule has 1 atom stereocenters. The predicted molar refractivity (Wildman–Crippen MR) is 99.7 cm³/mol. The Labute approximate surface area is 151 Å². The zero-order chi connectivity index (χ0) is 18.9. The SMILES string of the molecule is CC(=O)Nc1ccc(C(=O)N[C@@H](C/C=C/c2ccccc2)C(=O)O)cc1. The van der Waals surface area contributed by atoms with Crippen molar-refractivity contribution in [1.29, 1.82) is 0 Å².